The summed E-state index contributed by atoms with van der Waals surface area (Å²) in [5, 5.41) is 0. The van der Waals surface area contributed by atoms with Gasteiger partial charge in [0, 0.05) is 0 Å². The maximum Gasteiger partial charge on any atom is -0.813 e. The molecule has 0 aliphatic rings. The zero-order valence-electron chi connectivity index (χ0n) is 2.86. The van der Waals surface area contributed by atoms with E-state index in [1.165, 1.54) is 3.93 Å². The van der Waals surface area contributed by atoms with E-state index in [0.717, 1.165) is 26.1 Å². The molecule has 0 saturated carbocycles. The molecule has 2 heteroatoms. The molecule has 0 atom stereocenters. The third-order valence-electron chi connectivity index (χ3n) is 0. The molecule has 0 aromatic rings. The van der Waals surface area contributed by atoms with Crippen molar-refractivity contribution in [3.8, 4) is 0 Å². The standard InChI is InChI=1S/C2H5.Hg.H2S/c1-2;;/h1H2,2H3;;1H2/q;+1;/p-1. The molecule has 0 bridgehead atoms. The normalized spacial score (nSPS) is 4.75. The minimum absolute atomic E-state index is 0. The predicted octanol–water partition coefficient (Wildman–Crippen LogP) is 0.701. The smallest absolute Gasteiger partial charge is 0.813 e. The zero-order chi connectivity index (χ0) is 2.71. The Kier molecular flexibility index (Phi) is 19.9. The van der Waals surface area contributed by atoms with E-state index < -0.39 is 0 Å². The molecule has 0 saturated heterocycles. The second-order valence-corrected chi connectivity index (χ2v) is 4.39. The molecule has 0 N–H and O–H groups in total. The van der Waals surface area contributed by atoms with Crippen molar-refractivity contribution in [2.75, 3.05) is 0 Å². The first-order chi connectivity index (χ1) is 1.41. The van der Waals surface area contributed by atoms with Crippen LogP contribution < -0.4 is 0 Å². The Hall–Kier alpha value is 1.29. The average Bonchev–Trinajstić information content (AvgIpc) is 0.918. The van der Waals surface area contributed by atoms with Gasteiger partial charge in [-0.05, 0) is 0 Å². The summed E-state index contributed by atoms with van der Waals surface area (Å²) in [6.07, 6.45) is 0. The van der Waals surface area contributed by atoms with Gasteiger partial charge in [-0.15, -0.1) is 0 Å². The van der Waals surface area contributed by atoms with E-state index in [-0.39, 0.29) is 13.5 Å². The fraction of sp³-hybridized carbons (Fsp3) is 1.00. The van der Waals surface area contributed by atoms with Crippen molar-refractivity contribution in [2.45, 2.75) is 10.9 Å². The van der Waals surface area contributed by atoms with Crippen LogP contribution in [0.25, 0.3) is 0 Å². The van der Waals surface area contributed by atoms with Gasteiger partial charge in [-0.3, -0.25) is 0 Å². The van der Waals surface area contributed by atoms with Crippen LogP contribution in [0.5, 0.6) is 0 Å². The fourth-order valence-electron chi connectivity index (χ4n) is 0. The molecule has 0 aliphatic heterocycles. The van der Waals surface area contributed by atoms with Crippen molar-refractivity contribution in [3.63, 3.8) is 0 Å². The quantitative estimate of drug-likeness (QED) is 0.352. The number of rotatable bonds is 0. The molecule has 0 fully saturated rings. The van der Waals surface area contributed by atoms with Crippen molar-refractivity contribution in [3.05, 3.63) is 0 Å². The van der Waals surface area contributed by atoms with E-state index in [0.29, 0.717) is 0 Å². The monoisotopic (exact) mass is 264 g/mol. The molecule has 22 valence electrons. The maximum atomic E-state index is 2.21. The van der Waals surface area contributed by atoms with Gasteiger partial charge in [0.05, 0.1) is 0 Å². The first kappa shape index (κ1) is 8.99. The van der Waals surface area contributed by atoms with Crippen LogP contribution in [0.3, 0.4) is 0 Å². The van der Waals surface area contributed by atoms with Crippen LogP contribution in [0, 0.1) is 0 Å². The Morgan fingerprint density at radius 1 is 1.75 bits per heavy atom. The summed E-state index contributed by atoms with van der Waals surface area (Å²) in [5.41, 5.74) is 0. The van der Waals surface area contributed by atoms with Crippen LogP contribution in [-0.4, -0.2) is 0 Å². The Balaban J connectivity index is 0. The average molecular weight is 263 g/mol. The van der Waals surface area contributed by atoms with Crippen LogP contribution in [0.1, 0.15) is 6.92 Å². The zero-order valence-corrected chi connectivity index (χ0v) is 9.25. The van der Waals surface area contributed by atoms with Crippen molar-refractivity contribution in [2.24, 2.45) is 0 Å². The van der Waals surface area contributed by atoms with Gasteiger partial charge in [0.1, 0.15) is 0 Å². The number of hydrogen-bond acceptors (Lipinski definition) is 1. The first-order valence-corrected chi connectivity index (χ1v) is 5.09. The van der Waals surface area contributed by atoms with Gasteiger partial charge >= 0.3 is 37.0 Å². The largest absolute Gasteiger partial charge is 0.813 e. The number of thiol groups is 1. The molecular weight excluding hydrogens is 257 g/mol. The van der Waals surface area contributed by atoms with Crippen molar-refractivity contribution in [1.29, 1.82) is 0 Å². The second-order valence-electron chi connectivity index (χ2n) is 0.500. The van der Waals surface area contributed by atoms with E-state index in [1.807, 2.05) is 0 Å². The molecular formula is C2H6HgS. The van der Waals surface area contributed by atoms with Crippen LogP contribution >= 0.6 is 0 Å². The summed E-state index contributed by atoms with van der Waals surface area (Å²) in [7, 11) is 0. The van der Waals surface area contributed by atoms with Crippen LogP contribution in [0.2, 0.25) is 3.93 Å². The third-order valence-corrected chi connectivity index (χ3v) is 0. The molecule has 0 nitrogen and oxygen atoms in total. The molecule has 0 amide bonds. The van der Waals surface area contributed by atoms with Crippen LogP contribution in [0.15, 0.2) is 0 Å². The van der Waals surface area contributed by atoms with E-state index in [2.05, 4.69) is 6.92 Å². The van der Waals surface area contributed by atoms with Gasteiger partial charge in [0.2, 0.25) is 0 Å². The maximum absolute atomic E-state index is 2.21. The van der Waals surface area contributed by atoms with Gasteiger partial charge in [-0.1, -0.05) is 0 Å². The molecule has 0 unspecified atom stereocenters. The Morgan fingerprint density at radius 2 is 1.75 bits per heavy atom. The molecule has 0 rings (SSSR count). The first-order valence-electron chi connectivity index (χ1n) is 1.21. The van der Waals surface area contributed by atoms with E-state index >= 15 is 0 Å². The van der Waals surface area contributed by atoms with Gasteiger partial charge in [-0.2, -0.15) is 0 Å². The Labute approximate surface area is 50.4 Å². The van der Waals surface area contributed by atoms with Gasteiger partial charge < -0.3 is 13.5 Å². The summed E-state index contributed by atoms with van der Waals surface area (Å²) in [6.45, 7) is 2.21. The van der Waals surface area contributed by atoms with Crippen molar-refractivity contribution >= 4 is 13.5 Å². The van der Waals surface area contributed by atoms with Gasteiger partial charge in [0.25, 0.3) is 0 Å². The summed E-state index contributed by atoms with van der Waals surface area (Å²) in [6, 6.07) is 0. The van der Waals surface area contributed by atoms with Gasteiger partial charge in [0.15, 0.2) is 0 Å². The minimum atomic E-state index is 0. The minimum Gasteiger partial charge on any atom is -0.813 e. The SMILES string of the molecule is C[CH2][Hg+].[SH-]. The molecule has 0 aromatic carbocycles. The molecule has 0 radical (unpaired) electrons. The molecule has 0 aromatic heterocycles. The molecule has 0 spiro atoms. The second kappa shape index (κ2) is 8.86. The molecule has 4 heavy (non-hydrogen) atoms. The van der Waals surface area contributed by atoms with Crippen LogP contribution in [0.4, 0.5) is 0 Å². The Bertz CT molecular complexity index is 6.00. The summed E-state index contributed by atoms with van der Waals surface area (Å²) in [4.78, 5) is 0. The van der Waals surface area contributed by atoms with Gasteiger partial charge in [-0.25, -0.2) is 0 Å². The third kappa shape index (κ3) is 10.4. The van der Waals surface area contributed by atoms with E-state index in [1.54, 1.807) is 0 Å². The van der Waals surface area contributed by atoms with Crippen molar-refractivity contribution < 1.29 is 26.1 Å². The Morgan fingerprint density at radius 3 is 1.75 bits per heavy atom. The molecule has 0 aliphatic carbocycles. The van der Waals surface area contributed by atoms with Crippen LogP contribution in [-0.2, 0) is 39.6 Å². The van der Waals surface area contributed by atoms with E-state index in [4.69, 9.17) is 0 Å². The summed E-state index contributed by atoms with van der Waals surface area (Å²) >= 11 is 1.07. The predicted molar refractivity (Wildman–Crippen MR) is 19.2 cm³/mol. The fourth-order valence-corrected chi connectivity index (χ4v) is 0. The number of hydrogen-bond donors (Lipinski definition) is 0. The van der Waals surface area contributed by atoms with Crippen molar-refractivity contribution in [1.82, 2.24) is 0 Å². The summed E-state index contributed by atoms with van der Waals surface area (Å²) in [5.74, 6) is 0. The topological polar surface area (TPSA) is 0 Å². The summed E-state index contributed by atoms with van der Waals surface area (Å²) < 4.78 is 1.44. The molecule has 0 heterocycles. The van der Waals surface area contributed by atoms with E-state index in [9.17, 15) is 0 Å².